The maximum absolute atomic E-state index is 12.0. The second-order valence-corrected chi connectivity index (χ2v) is 5.14. The van der Waals surface area contributed by atoms with E-state index in [-0.39, 0.29) is 11.9 Å². The molecule has 1 heterocycles. The zero-order valence-electron chi connectivity index (χ0n) is 11.4. The average Bonchev–Trinajstić information content (AvgIpc) is 2.82. The van der Waals surface area contributed by atoms with Gasteiger partial charge in [-0.1, -0.05) is 19.4 Å². The minimum atomic E-state index is -1.01. The van der Waals surface area contributed by atoms with Crippen LogP contribution in [-0.2, 0) is 4.79 Å². The summed E-state index contributed by atoms with van der Waals surface area (Å²) in [5, 5.41) is 11.5. The topological polar surface area (TPSA) is 79.3 Å². The van der Waals surface area contributed by atoms with E-state index in [2.05, 4.69) is 17.2 Å². The van der Waals surface area contributed by atoms with Crippen LogP contribution in [0.4, 0.5) is 0 Å². The lowest BCUT2D eigenvalue weighted by atomic mass is 10.1. The third kappa shape index (κ3) is 3.66. The van der Waals surface area contributed by atoms with Gasteiger partial charge in [0.05, 0.1) is 0 Å². The minimum absolute atomic E-state index is 0.169. The summed E-state index contributed by atoms with van der Waals surface area (Å²) in [7, 11) is 0. The van der Waals surface area contributed by atoms with E-state index < -0.39 is 5.97 Å². The van der Waals surface area contributed by atoms with Crippen molar-refractivity contribution in [3.63, 3.8) is 0 Å². The fourth-order valence-electron chi connectivity index (χ4n) is 2.41. The molecule has 0 aromatic carbocycles. The normalized spacial score (nSPS) is 22.1. The predicted octanol–water partition coefficient (Wildman–Crippen LogP) is 2.10. The second kappa shape index (κ2) is 6.32. The number of pyridine rings is 1. The van der Waals surface area contributed by atoms with Gasteiger partial charge in [-0.25, -0.2) is 4.79 Å². The third-order valence-corrected chi connectivity index (χ3v) is 3.62. The van der Waals surface area contributed by atoms with E-state index in [4.69, 9.17) is 5.11 Å². The Morgan fingerprint density at radius 3 is 2.75 bits per heavy atom. The van der Waals surface area contributed by atoms with E-state index in [0.29, 0.717) is 17.2 Å². The molecule has 0 radical (unpaired) electrons. The number of rotatable bonds is 4. The first-order valence-electron chi connectivity index (χ1n) is 6.74. The highest BCUT2D eigenvalue weighted by Gasteiger charge is 2.25. The van der Waals surface area contributed by atoms with Crippen LogP contribution in [-0.4, -0.2) is 28.0 Å². The van der Waals surface area contributed by atoms with Gasteiger partial charge >= 0.3 is 5.97 Å². The summed E-state index contributed by atoms with van der Waals surface area (Å²) in [6.45, 7) is 2.14. The van der Waals surface area contributed by atoms with Crippen molar-refractivity contribution in [2.24, 2.45) is 5.92 Å². The van der Waals surface area contributed by atoms with E-state index >= 15 is 0 Å². The van der Waals surface area contributed by atoms with Crippen molar-refractivity contribution in [1.29, 1.82) is 0 Å². The number of nitrogens with one attached hydrogen (secondary N) is 1. The number of carboxylic acids is 1. The Hall–Kier alpha value is -2.17. The van der Waals surface area contributed by atoms with Crippen LogP contribution in [0.25, 0.3) is 6.08 Å². The number of carbonyl (C=O) groups excluding carboxylic acids is 1. The summed E-state index contributed by atoms with van der Waals surface area (Å²) in [6, 6.07) is 3.52. The maximum Gasteiger partial charge on any atom is 0.328 e. The Morgan fingerprint density at radius 1 is 1.40 bits per heavy atom. The van der Waals surface area contributed by atoms with Gasteiger partial charge in [0.2, 0.25) is 0 Å². The van der Waals surface area contributed by atoms with E-state index in [0.717, 1.165) is 25.3 Å². The number of hydrogen-bond acceptors (Lipinski definition) is 3. The molecule has 2 rings (SSSR count). The van der Waals surface area contributed by atoms with Gasteiger partial charge < -0.3 is 10.4 Å². The number of amides is 1. The minimum Gasteiger partial charge on any atom is -0.478 e. The average molecular weight is 274 g/mol. The summed E-state index contributed by atoms with van der Waals surface area (Å²) < 4.78 is 0. The number of aliphatic carboxylic acids is 1. The van der Waals surface area contributed by atoms with Crippen molar-refractivity contribution in [2.75, 3.05) is 0 Å². The van der Waals surface area contributed by atoms with Crippen LogP contribution in [0.3, 0.4) is 0 Å². The standard InChI is InChI=1S/C15H18N2O3/c1-10-3-2-4-12(10)17-15(20)13-7-5-11(9-16-13)6-8-14(18)19/h5-10,12H,2-4H2,1H3,(H,17,20)(H,18,19). The summed E-state index contributed by atoms with van der Waals surface area (Å²) in [5.74, 6) is -0.670. The monoisotopic (exact) mass is 274 g/mol. The molecule has 106 valence electrons. The summed E-state index contributed by atoms with van der Waals surface area (Å²) in [6.07, 6.45) is 7.29. The highest BCUT2D eigenvalue weighted by molar-refractivity contribution is 5.92. The molecule has 5 heteroatoms. The highest BCUT2D eigenvalue weighted by atomic mass is 16.4. The predicted molar refractivity (Wildman–Crippen MR) is 75.2 cm³/mol. The quantitative estimate of drug-likeness (QED) is 0.824. The molecule has 2 atom stereocenters. The van der Waals surface area contributed by atoms with E-state index in [1.807, 2.05) is 0 Å². The van der Waals surface area contributed by atoms with Crippen LogP contribution in [0.1, 0.15) is 42.2 Å². The Morgan fingerprint density at radius 2 is 2.20 bits per heavy atom. The molecule has 0 aliphatic heterocycles. The highest BCUT2D eigenvalue weighted by Crippen LogP contribution is 2.24. The van der Waals surface area contributed by atoms with Gasteiger partial charge in [0.25, 0.3) is 5.91 Å². The first kappa shape index (κ1) is 14.2. The fourth-order valence-corrected chi connectivity index (χ4v) is 2.41. The van der Waals surface area contributed by atoms with E-state index in [1.54, 1.807) is 12.1 Å². The Balaban J connectivity index is 1.98. The van der Waals surface area contributed by atoms with E-state index in [1.165, 1.54) is 12.3 Å². The van der Waals surface area contributed by atoms with Crippen molar-refractivity contribution < 1.29 is 14.7 Å². The second-order valence-electron chi connectivity index (χ2n) is 5.14. The Labute approximate surface area is 117 Å². The Bertz CT molecular complexity index is 522. The van der Waals surface area contributed by atoms with Crippen LogP contribution < -0.4 is 5.32 Å². The lowest BCUT2D eigenvalue weighted by Crippen LogP contribution is -2.36. The molecule has 2 N–H and O–H groups in total. The number of carbonyl (C=O) groups is 2. The molecule has 1 saturated carbocycles. The van der Waals surface area contributed by atoms with Crippen LogP contribution >= 0.6 is 0 Å². The van der Waals surface area contributed by atoms with E-state index in [9.17, 15) is 9.59 Å². The van der Waals surface area contributed by atoms with Crippen molar-refractivity contribution in [2.45, 2.75) is 32.2 Å². The van der Waals surface area contributed by atoms with Crippen molar-refractivity contribution in [1.82, 2.24) is 10.3 Å². The van der Waals surface area contributed by atoms with Gasteiger partial charge in [-0.3, -0.25) is 9.78 Å². The molecule has 0 saturated heterocycles. The molecular formula is C15H18N2O3. The summed E-state index contributed by atoms with van der Waals surface area (Å²) in [4.78, 5) is 26.5. The molecule has 2 unspecified atom stereocenters. The van der Waals surface area contributed by atoms with Crippen molar-refractivity contribution in [3.8, 4) is 0 Å². The van der Waals surface area contributed by atoms with Crippen molar-refractivity contribution >= 4 is 18.0 Å². The molecule has 1 aromatic rings. The molecule has 1 fully saturated rings. The van der Waals surface area contributed by atoms with Gasteiger partial charge in [0, 0.05) is 18.3 Å². The van der Waals surface area contributed by atoms with Gasteiger partial charge in [-0.05, 0) is 36.5 Å². The molecule has 1 aromatic heterocycles. The fraction of sp³-hybridized carbons (Fsp3) is 0.400. The summed E-state index contributed by atoms with van der Waals surface area (Å²) in [5.41, 5.74) is 1.01. The largest absolute Gasteiger partial charge is 0.478 e. The maximum atomic E-state index is 12.0. The van der Waals surface area contributed by atoms with Crippen molar-refractivity contribution in [3.05, 3.63) is 35.7 Å². The number of nitrogens with zero attached hydrogens (tertiary/aromatic N) is 1. The van der Waals surface area contributed by atoms with Gasteiger partial charge in [-0.2, -0.15) is 0 Å². The number of carboxylic acid groups (broad SMARTS) is 1. The Kier molecular flexibility index (Phi) is 4.50. The van der Waals surface area contributed by atoms with Crippen LogP contribution in [0.2, 0.25) is 0 Å². The summed E-state index contributed by atoms with van der Waals surface area (Å²) >= 11 is 0. The van der Waals surface area contributed by atoms with Gasteiger partial charge in [0.15, 0.2) is 0 Å². The molecule has 5 nitrogen and oxygen atoms in total. The molecular weight excluding hydrogens is 256 g/mol. The number of aromatic nitrogens is 1. The first-order chi connectivity index (χ1) is 9.56. The molecule has 1 aliphatic carbocycles. The van der Waals surface area contributed by atoms with Crippen LogP contribution in [0.5, 0.6) is 0 Å². The lowest BCUT2D eigenvalue weighted by Gasteiger charge is -2.16. The van der Waals surface area contributed by atoms with Crippen LogP contribution in [0, 0.1) is 5.92 Å². The van der Waals surface area contributed by atoms with Gasteiger partial charge in [-0.15, -0.1) is 0 Å². The zero-order chi connectivity index (χ0) is 14.5. The molecule has 1 aliphatic rings. The van der Waals surface area contributed by atoms with Gasteiger partial charge in [0.1, 0.15) is 5.69 Å². The zero-order valence-corrected chi connectivity index (χ0v) is 11.4. The lowest BCUT2D eigenvalue weighted by molar-refractivity contribution is -0.131. The molecule has 0 bridgehead atoms. The molecule has 0 spiro atoms. The third-order valence-electron chi connectivity index (χ3n) is 3.62. The smallest absolute Gasteiger partial charge is 0.328 e. The van der Waals surface area contributed by atoms with Crippen LogP contribution in [0.15, 0.2) is 24.4 Å². The SMILES string of the molecule is CC1CCCC1NC(=O)c1ccc(C=CC(=O)O)cn1. The molecule has 20 heavy (non-hydrogen) atoms. The number of hydrogen-bond donors (Lipinski definition) is 2. The first-order valence-corrected chi connectivity index (χ1v) is 6.74. The molecule has 1 amide bonds.